The lowest BCUT2D eigenvalue weighted by molar-refractivity contribution is 1.05. The van der Waals surface area contributed by atoms with Gasteiger partial charge in [0.15, 0.2) is 5.13 Å². The normalized spacial score (nSPS) is 17.3. The first kappa shape index (κ1) is 6.16. The fourth-order valence-electron chi connectivity index (χ4n) is 0.968. The Kier molecular flexibility index (Phi) is 1.38. The second kappa shape index (κ2) is 2.23. The van der Waals surface area contributed by atoms with Crippen LogP contribution in [0.25, 0.3) is 0 Å². The van der Waals surface area contributed by atoms with Gasteiger partial charge in [0, 0.05) is 18.3 Å². The predicted octanol–water partition coefficient (Wildman–Crippen LogP) is 2.06. The number of nitrogens with zero attached hydrogens (tertiary/aromatic N) is 1. The van der Waals surface area contributed by atoms with E-state index in [1.165, 1.54) is 18.5 Å². The van der Waals surface area contributed by atoms with Crippen LogP contribution in [-0.2, 0) is 0 Å². The number of nitrogens with one attached hydrogen (secondary N) is 1. The predicted molar refractivity (Wildman–Crippen MR) is 43.6 cm³/mol. The molecule has 10 heavy (non-hydrogen) atoms. The second-order valence-corrected chi connectivity index (χ2v) is 3.46. The number of hydrogen-bond donors (Lipinski definition) is 1. The van der Waals surface area contributed by atoms with E-state index in [4.69, 9.17) is 0 Å². The van der Waals surface area contributed by atoms with E-state index in [2.05, 4.69) is 15.7 Å². The molecule has 2 nitrogen and oxygen atoms in total. The average molecular weight is 154 g/mol. The maximum atomic E-state index is 4.40. The average Bonchev–Trinajstić information content (AvgIpc) is 2.70. The molecule has 0 atom stereocenters. The van der Waals surface area contributed by atoms with Gasteiger partial charge in [0.05, 0.1) is 5.69 Å². The Morgan fingerprint density at radius 2 is 2.50 bits per heavy atom. The molecule has 1 heterocycles. The summed E-state index contributed by atoms with van der Waals surface area (Å²) >= 11 is 1.70. The number of anilines is 1. The third kappa shape index (κ3) is 1.01. The highest BCUT2D eigenvalue weighted by molar-refractivity contribution is 7.13. The van der Waals surface area contributed by atoms with Crippen LogP contribution in [0.5, 0.6) is 0 Å². The molecule has 1 aliphatic rings. The van der Waals surface area contributed by atoms with Crippen molar-refractivity contribution in [3.8, 4) is 0 Å². The minimum absolute atomic E-state index is 0.790. The fourth-order valence-corrected chi connectivity index (χ4v) is 1.72. The minimum Gasteiger partial charge on any atom is -0.365 e. The van der Waals surface area contributed by atoms with Crippen molar-refractivity contribution in [3.05, 3.63) is 11.1 Å². The molecule has 0 spiro atoms. The smallest absolute Gasteiger partial charge is 0.182 e. The van der Waals surface area contributed by atoms with Crippen molar-refractivity contribution in [3.63, 3.8) is 0 Å². The molecule has 1 fully saturated rings. The van der Waals surface area contributed by atoms with E-state index in [9.17, 15) is 0 Å². The summed E-state index contributed by atoms with van der Waals surface area (Å²) in [4.78, 5) is 4.40. The highest BCUT2D eigenvalue weighted by atomic mass is 32.1. The van der Waals surface area contributed by atoms with Crippen molar-refractivity contribution >= 4 is 16.5 Å². The molecule has 0 saturated heterocycles. The van der Waals surface area contributed by atoms with E-state index >= 15 is 0 Å². The van der Waals surface area contributed by atoms with Gasteiger partial charge in [-0.05, 0) is 12.8 Å². The van der Waals surface area contributed by atoms with E-state index in [1.807, 2.05) is 7.05 Å². The SMILES string of the molecule is CNc1nc(C2CC2)cs1. The van der Waals surface area contributed by atoms with Crippen molar-refractivity contribution in [1.29, 1.82) is 0 Å². The summed E-state index contributed by atoms with van der Waals surface area (Å²) in [6, 6.07) is 0. The molecule has 0 radical (unpaired) electrons. The summed E-state index contributed by atoms with van der Waals surface area (Å²) in [5, 5.41) is 6.24. The fraction of sp³-hybridized carbons (Fsp3) is 0.571. The largest absolute Gasteiger partial charge is 0.365 e. The second-order valence-electron chi connectivity index (χ2n) is 2.60. The number of rotatable bonds is 2. The Balaban J connectivity index is 2.19. The highest BCUT2D eigenvalue weighted by Gasteiger charge is 2.25. The van der Waals surface area contributed by atoms with Crippen molar-refractivity contribution in [1.82, 2.24) is 4.98 Å². The van der Waals surface area contributed by atoms with Crippen LogP contribution in [0.4, 0.5) is 5.13 Å². The zero-order chi connectivity index (χ0) is 6.97. The third-order valence-corrected chi connectivity index (χ3v) is 2.61. The first-order valence-corrected chi connectivity index (χ1v) is 4.41. The van der Waals surface area contributed by atoms with Gasteiger partial charge in [0.25, 0.3) is 0 Å². The molecule has 3 heteroatoms. The minimum atomic E-state index is 0.790. The van der Waals surface area contributed by atoms with Crippen LogP contribution in [0, 0.1) is 0 Å². The van der Waals surface area contributed by atoms with E-state index in [-0.39, 0.29) is 0 Å². The number of hydrogen-bond acceptors (Lipinski definition) is 3. The molecule has 1 saturated carbocycles. The van der Waals surface area contributed by atoms with Crippen molar-refractivity contribution < 1.29 is 0 Å². The Labute approximate surface area is 64.3 Å². The summed E-state index contributed by atoms with van der Waals surface area (Å²) in [5.41, 5.74) is 1.29. The van der Waals surface area contributed by atoms with Gasteiger partial charge in [0.2, 0.25) is 0 Å². The van der Waals surface area contributed by atoms with Crippen LogP contribution in [0.2, 0.25) is 0 Å². The van der Waals surface area contributed by atoms with Crippen LogP contribution in [0.1, 0.15) is 24.5 Å². The van der Waals surface area contributed by atoms with Crippen LogP contribution < -0.4 is 5.32 Å². The quantitative estimate of drug-likeness (QED) is 0.705. The molecule has 1 aliphatic carbocycles. The molecule has 54 valence electrons. The van der Waals surface area contributed by atoms with Crippen LogP contribution in [0.3, 0.4) is 0 Å². The molecule has 0 aromatic carbocycles. The van der Waals surface area contributed by atoms with Gasteiger partial charge < -0.3 is 5.32 Å². The van der Waals surface area contributed by atoms with Gasteiger partial charge in [-0.25, -0.2) is 4.98 Å². The first-order chi connectivity index (χ1) is 4.90. The lowest BCUT2D eigenvalue weighted by Gasteiger charge is -1.88. The van der Waals surface area contributed by atoms with Crippen molar-refractivity contribution in [2.24, 2.45) is 0 Å². The maximum Gasteiger partial charge on any atom is 0.182 e. The molecule has 0 aliphatic heterocycles. The van der Waals surface area contributed by atoms with Crippen molar-refractivity contribution in [2.75, 3.05) is 12.4 Å². The highest BCUT2D eigenvalue weighted by Crippen LogP contribution is 2.40. The van der Waals surface area contributed by atoms with Crippen LogP contribution in [-0.4, -0.2) is 12.0 Å². The molecule has 1 aromatic heterocycles. The van der Waals surface area contributed by atoms with Crippen LogP contribution >= 0.6 is 11.3 Å². The van der Waals surface area contributed by atoms with Crippen LogP contribution in [0.15, 0.2) is 5.38 Å². The van der Waals surface area contributed by atoms with Gasteiger partial charge in [-0.1, -0.05) is 0 Å². The summed E-state index contributed by atoms with van der Waals surface area (Å²) in [5.74, 6) is 0.790. The molecule has 0 bridgehead atoms. The van der Waals surface area contributed by atoms with E-state index in [1.54, 1.807) is 11.3 Å². The zero-order valence-electron chi connectivity index (χ0n) is 5.92. The molecule has 0 amide bonds. The molecular formula is C7H10N2S. The topological polar surface area (TPSA) is 24.9 Å². The van der Waals surface area contributed by atoms with Gasteiger partial charge in [-0.15, -0.1) is 11.3 Å². The maximum absolute atomic E-state index is 4.40. The van der Waals surface area contributed by atoms with Gasteiger partial charge in [-0.3, -0.25) is 0 Å². The summed E-state index contributed by atoms with van der Waals surface area (Å²) in [6.07, 6.45) is 2.68. The molecule has 1 aromatic rings. The van der Waals surface area contributed by atoms with E-state index in [0.717, 1.165) is 11.0 Å². The Bertz CT molecular complexity index is 227. The lowest BCUT2D eigenvalue weighted by atomic mass is 10.3. The molecule has 2 rings (SSSR count). The first-order valence-electron chi connectivity index (χ1n) is 3.53. The van der Waals surface area contributed by atoms with Gasteiger partial charge in [-0.2, -0.15) is 0 Å². The number of thiazole rings is 1. The third-order valence-electron chi connectivity index (χ3n) is 1.73. The van der Waals surface area contributed by atoms with E-state index < -0.39 is 0 Å². The zero-order valence-corrected chi connectivity index (χ0v) is 6.74. The monoisotopic (exact) mass is 154 g/mol. The standard InChI is InChI=1S/C7H10N2S/c1-8-7-9-6(4-10-7)5-2-3-5/h4-5H,2-3H2,1H3,(H,8,9). The summed E-state index contributed by atoms with van der Waals surface area (Å²) in [7, 11) is 1.91. The van der Waals surface area contributed by atoms with Gasteiger partial charge in [0.1, 0.15) is 0 Å². The van der Waals surface area contributed by atoms with E-state index in [0.29, 0.717) is 0 Å². The molecule has 0 unspecified atom stereocenters. The summed E-state index contributed by atoms with van der Waals surface area (Å²) in [6.45, 7) is 0. The molecular weight excluding hydrogens is 144 g/mol. The lowest BCUT2D eigenvalue weighted by Crippen LogP contribution is -1.86. The molecule has 1 N–H and O–H groups in total. The van der Waals surface area contributed by atoms with Crippen molar-refractivity contribution in [2.45, 2.75) is 18.8 Å². The Morgan fingerprint density at radius 1 is 1.70 bits per heavy atom. The summed E-state index contributed by atoms with van der Waals surface area (Å²) < 4.78 is 0. The van der Waals surface area contributed by atoms with Gasteiger partial charge >= 0.3 is 0 Å². The number of aromatic nitrogens is 1. The Morgan fingerprint density at radius 3 is 3.00 bits per heavy atom. The Hall–Kier alpha value is -0.570.